The monoisotopic (exact) mass is 311 g/mol. The second-order valence-electron chi connectivity index (χ2n) is 5.03. The number of aromatic nitrogens is 3. The normalized spacial score (nSPS) is 15.7. The van der Waals surface area contributed by atoms with Crippen LogP contribution in [0.15, 0.2) is 30.7 Å². The van der Waals surface area contributed by atoms with E-state index in [2.05, 4.69) is 10.1 Å². The minimum atomic E-state index is -4.39. The van der Waals surface area contributed by atoms with Crippen molar-refractivity contribution >= 4 is 11.7 Å². The van der Waals surface area contributed by atoms with Gasteiger partial charge >= 0.3 is 6.18 Å². The summed E-state index contributed by atoms with van der Waals surface area (Å²) in [5.74, 6) is -0.0710. The fourth-order valence-corrected chi connectivity index (χ4v) is 2.22. The molecule has 6 nitrogen and oxygen atoms in total. The van der Waals surface area contributed by atoms with Gasteiger partial charge in [-0.05, 0) is 12.1 Å². The molecular formula is C13H12F3N5O. The molecule has 0 aromatic carbocycles. The van der Waals surface area contributed by atoms with Gasteiger partial charge in [-0.25, -0.2) is 4.98 Å². The lowest BCUT2D eigenvalue weighted by Crippen LogP contribution is -2.48. The molecule has 0 aliphatic carbocycles. The van der Waals surface area contributed by atoms with Gasteiger partial charge in [0.1, 0.15) is 5.82 Å². The van der Waals surface area contributed by atoms with E-state index < -0.39 is 17.6 Å². The zero-order chi connectivity index (χ0) is 15.9. The molecule has 2 aromatic rings. The molecule has 0 radical (unpaired) electrons. The summed E-state index contributed by atoms with van der Waals surface area (Å²) in [6, 6.07) is 2.39. The number of nitrogens with two attached hydrogens (primary N) is 1. The first-order chi connectivity index (χ1) is 10.3. The summed E-state index contributed by atoms with van der Waals surface area (Å²) in [7, 11) is 0. The number of halogens is 3. The van der Waals surface area contributed by atoms with E-state index in [1.165, 1.54) is 12.3 Å². The van der Waals surface area contributed by atoms with Crippen molar-refractivity contribution in [3.05, 3.63) is 41.9 Å². The third kappa shape index (κ3) is 2.61. The minimum Gasteiger partial charge on any atom is -0.366 e. The molecule has 1 fully saturated rings. The van der Waals surface area contributed by atoms with Gasteiger partial charge in [0, 0.05) is 25.5 Å². The Labute approximate surface area is 123 Å². The van der Waals surface area contributed by atoms with Crippen molar-refractivity contribution in [3.63, 3.8) is 0 Å². The van der Waals surface area contributed by atoms with Gasteiger partial charge in [0.05, 0.1) is 23.4 Å². The lowest BCUT2D eigenvalue weighted by Gasteiger charge is -2.40. The van der Waals surface area contributed by atoms with Crippen molar-refractivity contribution in [3.8, 4) is 0 Å². The first kappa shape index (κ1) is 14.4. The predicted octanol–water partition coefficient (Wildman–Crippen LogP) is 1.46. The largest absolute Gasteiger partial charge is 0.417 e. The number of rotatable bonds is 3. The van der Waals surface area contributed by atoms with E-state index >= 15 is 0 Å². The number of anilines is 1. The van der Waals surface area contributed by atoms with E-state index in [0.29, 0.717) is 24.5 Å². The van der Waals surface area contributed by atoms with Gasteiger partial charge in [-0.2, -0.15) is 18.3 Å². The summed E-state index contributed by atoms with van der Waals surface area (Å²) in [5, 5.41) is 4.05. The van der Waals surface area contributed by atoms with E-state index in [-0.39, 0.29) is 6.04 Å². The Morgan fingerprint density at radius 3 is 2.50 bits per heavy atom. The van der Waals surface area contributed by atoms with Gasteiger partial charge in [-0.15, -0.1) is 0 Å². The van der Waals surface area contributed by atoms with Crippen molar-refractivity contribution in [1.29, 1.82) is 0 Å². The van der Waals surface area contributed by atoms with E-state index in [9.17, 15) is 18.0 Å². The molecule has 2 N–H and O–H groups in total. The first-order valence-electron chi connectivity index (χ1n) is 6.47. The number of primary amides is 1. The van der Waals surface area contributed by atoms with Crippen molar-refractivity contribution < 1.29 is 18.0 Å². The van der Waals surface area contributed by atoms with Crippen LogP contribution in [-0.4, -0.2) is 33.8 Å². The number of nitrogens with zero attached hydrogens (tertiary/aromatic N) is 4. The third-order valence-electron chi connectivity index (χ3n) is 3.52. The van der Waals surface area contributed by atoms with Crippen LogP contribution < -0.4 is 10.6 Å². The lowest BCUT2D eigenvalue weighted by molar-refractivity contribution is -0.137. The van der Waals surface area contributed by atoms with E-state index in [4.69, 9.17) is 5.73 Å². The van der Waals surface area contributed by atoms with E-state index in [0.717, 1.165) is 12.3 Å². The number of alkyl halides is 3. The van der Waals surface area contributed by atoms with Crippen LogP contribution in [0.4, 0.5) is 19.0 Å². The van der Waals surface area contributed by atoms with Crippen molar-refractivity contribution in [2.75, 3.05) is 18.0 Å². The highest BCUT2D eigenvalue weighted by Crippen LogP contribution is 2.31. The molecule has 1 aliphatic heterocycles. The minimum absolute atomic E-state index is 0.0391. The molecule has 1 saturated heterocycles. The Kier molecular flexibility index (Phi) is 3.27. The van der Waals surface area contributed by atoms with Crippen LogP contribution in [0.2, 0.25) is 0 Å². The molecular weight excluding hydrogens is 299 g/mol. The highest BCUT2D eigenvalue weighted by molar-refractivity contribution is 5.92. The maximum atomic E-state index is 12.5. The molecule has 2 aromatic heterocycles. The van der Waals surface area contributed by atoms with Gasteiger partial charge in [0.15, 0.2) is 0 Å². The zero-order valence-corrected chi connectivity index (χ0v) is 11.3. The second-order valence-corrected chi connectivity index (χ2v) is 5.03. The Morgan fingerprint density at radius 1 is 1.27 bits per heavy atom. The first-order valence-corrected chi connectivity index (χ1v) is 6.47. The summed E-state index contributed by atoms with van der Waals surface area (Å²) in [5.41, 5.74) is 4.70. The molecule has 0 bridgehead atoms. The van der Waals surface area contributed by atoms with Crippen molar-refractivity contribution in [2.24, 2.45) is 5.73 Å². The highest BCUT2D eigenvalue weighted by Gasteiger charge is 2.33. The number of hydrogen-bond donors (Lipinski definition) is 1. The number of carbonyl (C=O) groups excluding carboxylic acids is 1. The van der Waals surface area contributed by atoms with Crippen LogP contribution in [0, 0.1) is 0 Å². The molecule has 0 atom stereocenters. The van der Waals surface area contributed by atoms with Crippen LogP contribution in [0.25, 0.3) is 0 Å². The van der Waals surface area contributed by atoms with Crippen LogP contribution >= 0.6 is 0 Å². The third-order valence-corrected chi connectivity index (χ3v) is 3.52. The summed E-state index contributed by atoms with van der Waals surface area (Å²) in [6.45, 7) is 1.11. The SMILES string of the molecule is NC(=O)c1cnn(C2CN(c3ccc(C(F)(F)F)cn3)C2)c1. The van der Waals surface area contributed by atoms with Gasteiger partial charge in [-0.3, -0.25) is 9.48 Å². The maximum absolute atomic E-state index is 12.5. The Balaban J connectivity index is 1.64. The summed E-state index contributed by atoms with van der Waals surface area (Å²) < 4.78 is 39.0. The number of hydrogen-bond acceptors (Lipinski definition) is 4. The van der Waals surface area contributed by atoms with Gasteiger partial charge in [0.25, 0.3) is 5.91 Å². The second kappa shape index (κ2) is 5.00. The quantitative estimate of drug-likeness (QED) is 0.931. The summed E-state index contributed by atoms with van der Waals surface area (Å²) in [6.07, 6.45) is -0.614. The lowest BCUT2D eigenvalue weighted by atomic mass is 10.1. The molecule has 0 saturated carbocycles. The molecule has 1 amide bonds. The topological polar surface area (TPSA) is 77.0 Å². The van der Waals surface area contributed by atoms with E-state index in [1.807, 2.05) is 4.90 Å². The molecule has 3 rings (SSSR count). The fourth-order valence-electron chi connectivity index (χ4n) is 2.22. The van der Waals surface area contributed by atoms with Crippen LogP contribution in [0.1, 0.15) is 22.0 Å². The Bertz CT molecular complexity index is 688. The molecule has 0 spiro atoms. The van der Waals surface area contributed by atoms with Crippen LogP contribution in [0.3, 0.4) is 0 Å². The van der Waals surface area contributed by atoms with Gasteiger partial charge in [-0.1, -0.05) is 0 Å². The Hall–Kier alpha value is -2.58. The van der Waals surface area contributed by atoms with Crippen LogP contribution in [-0.2, 0) is 6.18 Å². The van der Waals surface area contributed by atoms with Crippen LogP contribution in [0.5, 0.6) is 0 Å². The number of carbonyl (C=O) groups is 1. The van der Waals surface area contributed by atoms with Crippen molar-refractivity contribution in [2.45, 2.75) is 12.2 Å². The number of amides is 1. The molecule has 116 valence electrons. The summed E-state index contributed by atoms with van der Waals surface area (Å²) >= 11 is 0. The van der Waals surface area contributed by atoms with Gasteiger partial charge in [0.2, 0.25) is 0 Å². The molecule has 22 heavy (non-hydrogen) atoms. The average Bonchev–Trinajstić information content (AvgIpc) is 2.86. The maximum Gasteiger partial charge on any atom is 0.417 e. The Morgan fingerprint density at radius 2 is 2.00 bits per heavy atom. The smallest absolute Gasteiger partial charge is 0.366 e. The molecule has 3 heterocycles. The zero-order valence-electron chi connectivity index (χ0n) is 11.3. The average molecular weight is 311 g/mol. The van der Waals surface area contributed by atoms with Gasteiger partial charge < -0.3 is 10.6 Å². The highest BCUT2D eigenvalue weighted by atomic mass is 19.4. The number of pyridine rings is 1. The standard InChI is InChI=1S/C13H12F3N5O/c14-13(15,16)9-1-2-11(18-4-9)20-6-10(7-20)21-5-8(3-19-21)12(17)22/h1-5,10H,6-7H2,(H2,17,22). The molecule has 1 aliphatic rings. The van der Waals surface area contributed by atoms with Crippen molar-refractivity contribution in [1.82, 2.24) is 14.8 Å². The molecule has 9 heteroatoms. The fraction of sp³-hybridized carbons (Fsp3) is 0.308. The van der Waals surface area contributed by atoms with E-state index in [1.54, 1.807) is 10.9 Å². The summed E-state index contributed by atoms with van der Waals surface area (Å²) in [4.78, 5) is 16.7. The predicted molar refractivity (Wildman–Crippen MR) is 71.2 cm³/mol. The molecule has 0 unspecified atom stereocenters.